The van der Waals surface area contributed by atoms with Crippen LogP contribution in [0.1, 0.15) is 11.5 Å². The van der Waals surface area contributed by atoms with Crippen LogP contribution < -0.4 is 10.6 Å². The second kappa shape index (κ2) is 6.75. The Morgan fingerprint density at radius 3 is 2.58 bits per heavy atom. The normalized spacial score (nSPS) is 10.4. The van der Waals surface area contributed by atoms with Crippen molar-refractivity contribution in [2.75, 3.05) is 30.3 Å². The predicted molar refractivity (Wildman–Crippen MR) is 75.3 cm³/mol. The Morgan fingerprint density at radius 1 is 1.21 bits per heavy atom. The van der Waals surface area contributed by atoms with E-state index >= 15 is 0 Å². The van der Waals surface area contributed by atoms with Gasteiger partial charge in [-0.05, 0) is 19.1 Å². The van der Waals surface area contributed by atoms with Crippen LogP contribution in [0.15, 0.2) is 24.4 Å². The van der Waals surface area contributed by atoms with Crippen molar-refractivity contribution in [3.8, 4) is 0 Å². The highest BCUT2D eigenvalue weighted by Gasteiger charge is 2.01. The summed E-state index contributed by atoms with van der Waals surface area (Å²) < 4.78 is 0. The van der Waals surface area contributed by atoms with Crippen LogP contribution in [-0.4, -0.2) is 39.8 Å². The molecule has 0 spiro atoms. The zero-order chi connectivity index (χ0) is 13.5. The van der Waals surface area contributed by atoms with Crippen LogP contribution in [0.25, 0.3) is 0 Å². The highest BCUT2D eigenvalue weighted by molar-refractivity contribution is 5.47. The number of aryl methyl sites for hydroxylation is 1. The second-order valence-electron chi connectivity index (χ2n) is 4.21. The molecular weight excluding hydrogens is 242 g/mol. The number of rotatable bonds is 7. The summed E-state index contributed by atoms with van der Waals surface area (Å²) in [5.41, 5.74) is 1.19. The van der Waals surface area contributed by atoms with Gasteiger partial charge in [-0.2, -0.15) is 0 Å². The molecule has 6 heteroatoms. The van der Waals surface area contributed by atoms with E-state index in [4.69, 9.17) is 5.11 Å². The average molecular weight is 261 g/mol. The number of nitrogens with one attached hydrogen (secondary N) is 3. The number of aromatic nitrogens is 3. The van der Waals surface area contributed by atoms with Crippen LogP contribution in [0.5, 0.6) is 0 Å². The highest BCUT2D eigenvalue weighted by Crippen LogP contribution is 2.10. The first-order chi connectivity index (χ1) is 9.28. The zero-order valence-corrected chi connectivity index (χ0v) is 11.0. The third-order valence-electron chi connectivity index (χ3n) is 2.62. The van der Waals surface area contributed by atoms with Crippen molar-refractivity contribution >= 4 is 11.6 Å². The quantitative estimate of drug-likeness (QED) is 0.601. The Balaban J connectivity index is 1.90. The van der Waals surface area contributed by atoms with Gasteiger partial charge in [0.05, 0.1) is 6.61 Å². The fourth-order valence-corrected chi connectivity index (χ4v) is 1.78. The third kappa shape index (κ3) is 4.26. The topological polar surface area (TPSA) is 85.9 Å². The predicted octanol–water partition coefficient (Wildman–Crippen LogP) is 1.17. The number of aromatic amines is 1. The summed E-state index contributed by atoms with van der Waals surface area (Å²) in [5.74, 6) is 2.22. The first kappa shape index (κ1) is 13.4. The summed E-state index contributed by atoms with van der Waals surface area (Å²) in [4.78, 5) is 11.7. The van der Waals surface area contributed by atoms with Gasteiger partial charge in [-0.3, -0.25) is 0 Å². The molecule has 19 heavy (non-hydrogen) atoms. The fraction of sp³-hybridized carbons (Fsp3) is 0.385. The molecule has 0 unspecified atom stereocenters. The van der Waals surface area contributed by atoms with Crippen LogP contribution in [0, 0.1) is 6.92 Å². The standard InChI is InChI=1S/C13H19N5O/c1-10-17-12(9-13(18-10)16-7-8-19)15-6-4-11-3-2-5-14-11/h2-3,5,9,14,19H,4,6-8H2,1H3,(H2,15,16,17,18). The smallest absolute Gasteiger partial charge is 0.131 e. The van der Waals surface area contributed by atoms with Crippen molar-refractivity contribution in [1.82, 2.24) is 15.0 Å². The van der Waals surface area contributed by atoms with E-state index in [-0.39, 0.29) is 6.61 Å². The lowest BCUT2D eigenvalue weighted by Gasteiger charge is -2.09. The molecule has 2 aromatic heterocycles. The summed E-state index contributed by atoms with van der Waals surface area (Å²) in [6.45, 7) is 3.22. The van der Waals surface area contributed by atoms with Gasteiger partial charge < -0.3 is 20.7 Å². The molecule has 0 bridgehead atoms. The Hall–Kier alpha value is -2.08. The van der Waals surface area contributed by atoms with Crippen molar-refractivity contribution in [2.45, 2.75) is 13.3 Å². The molecule has 0 aliphatic rings. The highest BCUT2D eigenvalue weighted by atomic mass is 16.3. The molecule has 2 heterocycles. The molecule has 0 atom stereocenters. The first-order valence-corrected chi connectivity index (χ1v) is 6.34. The van der Waals surface area contributed by atoms with Gasteiger partial charge in [0, 0.05) is 37.5 Å². The van der Waals surface area contributed by atoms with Crippen molar-refractivity contribution in [3.63, 3.8) is 0 Å². The maximum atomic E-state index is 8.79. The number of hydrogen-bond donors (Lipinski definition) is 4. The number of H-pyrrole nitrogens is 1. The van der Waals surface area contributed by atoms with E-state index < -0.39 is 0 Å². The largest absolute Gasteiger partial charge is 0.395 e. The number of hydrogen-bond acceptors (Lipinski definition) is 5. The number of aliphatic hydroxyl groups excluding tert-OH is 1. The first-order valence-electron chi connectivity index (χ1n) is 6.34. The van der Waals surface area contributed by atoms with Gasteiger partial charge in [-0.15, -0.1) is 0 Å². The van der Waals surface area contributed by atoms with Gasteiger partial charge in [0.15, 0.2) is 0 Å². The fourth-order valence-electron chi connectivity index (χ4n) is 1.78. The summed E-state index contributed by atoms with van der Waals surface area (Å²) in [7, 11) is 0. The molecule has 102 valence electrons. The summed E-state index contributed by atoms with van der Waals surface area (Å²) >= 11 is 0. The molecule has 0 aliphatic carbocycles. The van der Waals surface area contributed by atoms with E-state index in [0.717, 1.165) is 24.6 Å². The van der Waals surface area contributed by atoms with E-state index in [1.165, 1.54) is 5.69 Å². The van der Waals surface area contributed by atoms with Gasteiger partial charge in [-0.1, -0.05) is 0 Å². The van der Waals surface area contributed by atoms with E-state index in [0.29, 0.717) is 12.4 Å². The molecule has 0 aromatic carbocycles. The average Bonchev–Trinajstić information content (AvgIpc) is 2.89. The van der Waals surface area contributed by atoms with Crippen molar-refractivity contribution in [1.29, 1.82) is 0 Å². The molecule has 4 N–H and O–H groups in total. The van der Waals surface area contributed by atoms with Gasteiger partial charge in [-0.25, -0.2) is 9.97 Å². The third-order valence-corrected chi connectivity index (χ3v) is 2.62. The van der Waals surface area contributed by atoms with E-state index in [1.54, 1.807) is 0 Å². The molecule has 6 nitrogen and oxygen atoms in total. The van der Waals surface area contributed by atoms with Crippen LogP contribution >= 0.6 is 0 Å². The van der Waals surface area contributed by atoms with Gasteiger partial charge >= 0.3 is 0 Å². The SMILES string of the molecule is Cc1nc(NCCO)cc(NCCc2ccc[nH]2)n1. The lowest BCUT2D eigenvalue weighted by atomic mass is 10.3. The Kier molecular flexibility index (Phi) is 4.74. The van der Waals surface area contributed by atoms with Gasteiger partial charge in [0.25, 0.3) is 0 Å². The minimum absolute atomic E-state index is 0.0820. The minimum atomic E-state index is 0.0820. The van der Waals surface area contributed by atoms with Crippen molar-refractivity contribution in [3.05, 3.63) is 35.9 Å². The van der Waals surface area contributed by atoms with E-state index in [1.807, 2.05) is 25.3 Å². The zero-order valence-electron chi connectivity index (χ0n) is 11.0. The van der Waals surface area contributed by atoms with E-state index in [9.17, 15) is 0 Å². The maximum Gasteiger partial charge on any atom is 0.131 e. The Bertz CT molecular complexity index is 498. The van der Waals surface area contributed by atoms with Crippen molar-refractivity contribution < 1.29 is 5.11 Å². The van der Waals surface area contributed by atoms with Crippen molar-refractivity contribution in [2.24, 2.45) is 0 Å². The van der Waals surface area contributed by atoms with Gasteiger partial charge in [0.1, 0.15) is 17.5 Å². The molecule has 0 saturated carbocycles. The number of nitrogens with zero attached hydrogens (tertiary/aromatic N) is 2. The van der Waals surface area contributed by atoms with Crippen LogP contribution in [-0.2, 0) is 6.42 Å². The summed E-state index contributed by atoms with van der Waals surface area (Å²) in [6, 6.07) is 5.89. The lowest BCUT2D eigenvalue weighted by Crippen LogP contribution is -2.11. The van der Waals surface area contributed by atoms with Gasteiger partial charge in [0.2, 0.25) is 0 Å². The van der Waals surface area contributed by atoms with Crippen LogP contribution in [0.4, 0.5) is 11.6 Å². The molecule has 2 rings (SSSR count). The van der Waals surface area contributed by atoms with Crippen LogP contribution in [0.3, 0.4) is 0 Å². The minimum Gasteiger partial charge on any atom is -0.395 e. The second-order valence-corrected chi connectivity index (χ2v) is 4.21. The molecular formula is C13H19N5O. The van der Waals surface area contributed by atoms with Crippen LogP contribution in [0.2, 0.25) is 0 Å². The molecule has 2 aromatic rings. The Labute approximate surface area is 112 Å². The number of aliphatic hydroxyl groups is 1. The molecule has 0 saturated heterocycles. The lowest BCUT2D eigenvalue weighted by molar-refractivity contribution is 0.311. The number of anilines is 2. The molecule has 0 aliphatic heterocycles. The Morgan fingerprint density at radius 2 is 1.95 bits per heavy atom. The summed E-state index contributed by atoms with van der Waals surface area (Å²) in [5, 5.41) is 15.1. The molecule has 0 radical (unpaired) electrons. The van der Waals surface area contributed by atoms with E-state index in [2.05, 4.69) is 31.7 Å². The maximum absolute atomic E-state index is 8.79. The monoisotopic (exact) mass is 261 g/mol. The summed E-state index contributed by atoms with van der Waals surface area (Å²) in [6.07, 6.45) is 2.83. The molecule has 0 amide bonds. The molecule has 0 fully saturated rings.